The monoisotopic (exact) mass is 422 g/mol. The minimum Gasteiger partial charge on any atom is -0.0870 e. The Kier molecular flexibility index (Phi) is 4.55. The molecular weight excluding hydrogens is 396 g/mol. The van der Waals surface area contributed by atoms with Crippen LogP contribution < -0.4 is 0 Å². The van der Waals surface area contributed by atoms with Crippen LogP contribution in [0, 0.1) is 13.8 Å². The Morgan fingerprint density at radius 1 is 0.485 bits per heavy atom. The average molecular weight is 423 g/mol. The zero-order chi connectivity index (χ0) is 22.5. The number of hydrogen-bond acceptors (Lipinski definition) is 0. The van der Waals surface area contributed by atoms with Gasteiger partial charge in [0.15, 0.2) is 0 Å². The van der Waals surface area contributed by atoms with Crippen LogP contribution in [0.1, 0.15) is 23.6 Å². The van der Waals surface area contributed by atoms with Crippen molar-refractivity contribution in [3.8, 4) is 11.1 Å². The summed E-state index contributed by atoms with van der Waals surface area (Å²) in [5.74, 6) is 0. The van der Waals surface area contributed by atoms with Gasteiger partial charge in [-0.3, -0.25) is 0 Å². The smallest absolute Gasteiger partial charge is 0.00264 e. The number of fused-ring (bicyclic) bond motifs is 5. The summed E-state index contributed by atoms with van der Waals surface area (Å²) in [5, 5.41) is 10.6. The van der Waals surface area contributed by atoms with Gasteiger partial charge in [-0.2, -0.15) is 0 Å². The van der Waals surface area contributed by atoms with Gasteiger partial charge in [0.2, 0.25) is 0 Å². The fourth-order valence-electron chi connectivity index (χ4n) is 5.59. The van der Waals surface area contributed by atoms with E-state index in [2.05, 4.69) is 124 Å². The first-order valence-corrected chi connectivity index (χ1v) is 11.7. The van der Waals surface area contributed by atoms with Gasteiger partial charge in [0.05, 0.1) is 0 Å². The van der Waals surface area contributed by atoms with E-state index in [1.54, 1.807) is 0 Å². The highest BCUT2D eigenvalue weighted by Crippen LogP contribution is 2.41. The van der Waals surface area contributed by atoms with Crippen molar-refractivity contribution in [2.45, 2.75) is 20.8 Å². The van der Waals surface area contributed by atoms with Gasteiger partial charge in [0, 0.05) is 0 Å². The topological polar surface area (TPSA) is 0 Å². The Morgan fingerprint density at radius 3 is 1.61 bits per heavy atom. The predicted octanol–water partition coefficient (Wildman–Crippen LogP) is 9.62. The summed E-state index contributed by atoms with van der Waals surface area (Å²) in [6.07, 6.45) is 4.38. The molecule has 0 amide bonds. The van der Waals surface area contributed by atoms with Gasteiger partial charge in [-0.15, -0.1) is 0 Å². The fourth-order valence-corrected chi connectivity index (χ4v) is 5.59. The zero-order valence-electron chi connectivity index (χ0n) is 19.3. The normalized spacial score (nSPS) is 12.0. The van der Waals surface area contributed by atoms with E-state index in [4.69, 9.17) is 0 Å². The van der Waals surface area contributed by atoms with Crippen molar-refractivity contribution in [1.82, 2.24) is 0 Å². The maximum Gasteiger partial charge on any atom is -0.00264 e. The molecule has 0 heterocycles. The first kappa shape index (κ1) is 19.8. The maximum absolute atomic E-state index is 2.41. The second-order valence-electron chi connectivity index (χ2n) is 8.94. The van der Waals surface area contributed by atoms with Crippen LogP contribution in [0.25, 0.3) is 60.3 Å². The molecule has 6 rings (SSSR count). The maximum atomic E-state index is 2.41. The standard InChI is InChI=1S/C33H26/c1-4-11-24-21(2)27-19-18-23(20-32(27)29-15-8-7-14-28(24)29)33-30-16-9-5-12-25(30)22(3)26-13-6-10-17-31(26)33/h4-20H,1-3H3. The summed E-state index contributed by atoms with van der Waals surface area (Å²) < 4.78 is 0. The van der Waals surface area contributed by atoms with Gasteiger partial charge < -0.3 is 0 Å². The molecule has 6 aromatic carbocycles. The molecule has 0 aliphatic carbocycles. The number of hydrogen-bond donors (Lipinski definition) is 0. The number of aryl methyl sites for hydroxylation is 2. The van der Waals surface area contributed by atoms with Gasteiger partial charge in [-0.25, -0.2) is 0 Å². The molecule has 0 fully saturated rings. The fraction of sp³-hybridized carbons (Fsp3) is 0.0909. The van der Waals surface area contributed by atoms with Crippen LogP contribution in [0.4, 0.5) is 0 Å². The van der Waals surface area contributed by atoms with Crippen molar-refractivity contribution < 1.29 is 0 Å². The molecule has 158 valence electrons. The van der Waals surface area contributed by atoms with Gasteiger partial charge >= 0.3 is 0 Å². The van der Waals surface area contributed by atoms with E-state index in [-0.39, 0.29) is 0 Å². The van der Waals surface area contributed by atoms with Gasteiger partial charge in [0.1, 0.15) is 0 Å². The van der Waals surface area contributed by atoms with Crippen LogP contribution in [0.2, 0.25) is 0 Å². The Balaban J connectivity index is 1.78. The van der Waals surface area contributed by atoms with E-state index in [0.29, 0.717) is 0 Å². The zero-order valence-corrected chi connectivity index (χ0v) is 19.3. The third kappa shape index (κ3) is 2.91. The molecule has 0 saturated carbocycles. The highest BCUT2D eigenvalue weighted by Gasteiger charge is 2.15. The first-order chi connectivity index (χ1) is 16.2. The third-order valence-electron chi connectivity index (χ3n) is 7.16. The Labute approximate surface area is 194 Å². The van der Waals surface area contributed by atoms with E-state index in [1.165, 1.54) is 70.9 Å². The molecule has 0 atom stereocenters. The summed E-state index contributed by atoms with van der Waals surface area (Å²) >= 11 is 0. The Hall–Kier alpha value is -3.90. The third-order valence-corrected chi connectivity index (χ3v) is 7.16. The molecule has 0 nitrogen and oxygen atoms in total. The summed E-state index contributed by atoms with van der Waals surface area (Å²) in [4.78, 5) is 0. The van der Waals surface area contributed by atoms with Crippen molar-refractivity contribution in [2.75, 3.05) is 0 Å². The number of allylic oxidation sites excluding steroid dienone is 1. The molecule has 0 N–H and O–H groups in total. The molecule has 6 aromatic rings. The molecule has 0 spiro atoms. The molecule has 0 heteroatoms. The lowest BCUT2D eigenvalue weighted by molar-refractivity contribution is 1.52. The van der Waals surface area contributed by atoms with E-state index < -0.39 is 0 Å². The van der Waals surface area contributed by atoms with Crippen molar-refractivity contribution in [3.63, 3.8) is 0 Å². The molecule has 0 saturated heterocycles. The van der Waals surface area contributed by atoms with Crippen molar-refractivity contribution in [3.05, 3.63) is 114 Å². The largest absolute Gasteiger partial charge is 0.0870 e. The lowest BCUT2D eigenvalue weighted by Gasteiger charge is -2.17. The lowest BCUT2D eigenvalue weighted by Crippen LogP contribution is -1.92. The molecule has 33 heavy (non-hydrogen) atoms. The van der Waals surface area contributed by atoms with E-state index in [0.717, 1.165) is 0 Å². The number of rotatable bonds is 2. The highest BCUT2D eigenvalue weighted by molar-refractivity contribution is 6.18. The van der Waals surface area contributed by atoms with Crippen LogP contribution in [0.15, 0.2) is 97.1 Å². The van der Waals surface area contributed by atoms with Crippen molar-refractivity contribution in [2.24, 2.45) is 0 Å². The molecule has 0 aliphatic heterocycles. The SMILES string of the molecule is CC=Cc1c(C)c2ccc(-c3c4ccccc4c(C)c4ccccc34)cc2c2ccccc12. The quantitative estimate of drug-likeness (QED) is 0.192. The second-order valence-corrected chi connectivity index (χ2v) is 8.94. The lowest BCUT2D eigenvalue weighted by atomic mass is 9.86. The molecule has 0 radical (unpaired) electrons. The van der Waals surface area contributed by atoms with Crippen LogP contribution in [0.5, 0.6) is 0 Å². The average Bonchev–Trinajstić information content (AvgIpc) is 2.87. The van der Waals surface area contributed by atoms with Crippen LogP contribution in [-0.4, -0.2) is 0 Å². The molecule has 0 bridgehead atoms. The van der Waals surface area contributed by atoms with Crippen LogP contribution in [0.3, 0.4) is 0 Å². The van der Waals surface area contributed by atoms with Crippen molar-refractivity contribution in [1.29, 1.82) is 0 Å². The van der Waals surface area contributed by atoms with Gasteiger partial charge in [-0.1, -0.05) is 97.1 Å². The summed E-state index contributed by atoms with van der Waals surface area (Å²) in [6.45, 7) is 6.59. The van der Waals surface area contributed by atoms with Gasteiger partial charge in [-0.05, 0) is 97.7 Å². The van der Waals surface area contributed by atoms with E-state index in [1.807, 2.05) is 0 Å². The molecule has 0 unspecified atom stereocenters. The molecule has 0 aromatic heterocycles. The summed E-state index contributed by atoms with van der Waals surface area (Å²) in [5.41, 5.74) is 6.61. The Morgan fingerprint density at radius 2 is 1.00 bits per heavy atom. The van der Waals surface area contributed by atoms with Gasteiger partial charge in [0.25, 0.3) is 0 Å². The second kappa shape index (κ2) is 7.60. The summed E-state index contributed by atoms with van der Waals surface area (Å²) in [6, 6.07) is 33.5. The Bertz CT molecular complexity index is 1670. The predicted molar refractivity (Wildman–Crippen MR) is 146 cm³/mol. The summed E-state index contributed by atoms with van der Waals surface area (Å²) in [7, 11) is 0. The van der Waals surface area contributed by atoms with Crippen molar-refractivity contribution >= 4 is 49.2 Å². The highest BCUT2D eigenvalue weighted by atomic mass is 14.2. The van der Waals surface area contributed by atoms with Crippen LogP contribution in [-0.2, 0) is 0 Å². The van der Waals surface area contributed by atoms with E-state index >= 15 is 0 Å². The molecular formula is C33H26. The minimum absolute atomic E-state index is 1.28. The minimum atomic E-state index is 1.28. The first-order valence-electron chi connectivity index (χ1n) is 11.7. The van der Waals surface area contributed by atoms with Crippen LogP contribution >= 0.6 is 0 Å². The molecule has 0 aliphatic rings. The number of benzene rings is 6. The van der Waals surface area contributed by atoms with E-state index in [9.17, 15) is 0 Å².